The van der Waals surface area contributed by atoms with Crippen molar-refractivity contribution in [1.29, 1.82) is 0 Å². The second kappa shape index (κ2) is 3.56. The highest BCUT2D eigenvalue weighted by Gasteiger charge is 2.13. The lowest BCUT2D eigenvalue weighted by atomic mass is 10.3. The van der Waals surface area contributed by atoms with Crippen LogP contribution in [0, 0.1) is 0 Å². The zero-order valence-corrected chi connectivity index (χ0v) is 6.62. The summed E-state index contributed by atoms with van der Waals surface area (Å²) >= 11 is 0. The van der Waals surface area contributed by atoms with E-state index in [9.17, 15) is 0 Å². The van der Waals surface area contributed by atoms with Gasteiger partial charge in [-0.05, 0) is 12.1 Å². The van der Waals surface area contributed by atoms with Gasteiger partial charge in [-0.1, -0.05) is 23.2 Å². The minimum Gasteiger partial charge on any atom is -0.357 e. The van der Waals surface area contributed by atoms with Crippen molar-refractivity contribution in [1.82, 2.24) is 0 Å². The largest absolute Gasteiger partial charge is 0.357 e. The monoisotopic (exact) mass is 168 g/mol. The summed E-state index contributed by atoms with van der Waals surface area (Å²) < 4.78 is 0. The first-order chi connectivity index (χ1) is 5.75. The second-order valence-electron chi connectivity index (χ2n) is 2.22. The third kappa shape index (κ3) is 1.63. The van der Waals surface area contributed by atoms with E-state index >= 15 is 0 Å². The van der Waals surface area contributed by atoms with E-state index in [0.717, 1.165) is 5.69 Å². The van der Waals surface area contributed by atoms with Gasteiger partial charge < -0.3 is 5.21 Å². The van der Waals surface area contributed by atoms with Crippen LogP contribution in [-0.2, 0) is 0 Å². The number of hydrogen-bond donors (Lipinski definition) is 2. The third-order valence-electron chi connectivity index (χ3n) is 1.48. The molecule has 0 bridgehead atoms. The molecule has 0 spiro atoms. The van der Waals surface area contributed by atoms with E-state index in [-0.39, 0.29) is 0 Å². The molecular weight excluding hydrogens is 158 g/mol. The summed E-state index contributed by atoms with van der Waals surface area (Å²) in [5, 5.41) is 21.0. The SMILES string of the molecule is CN(c1ccccc1)[N+](O)=NO. The van der Waals surface area contributed by atoms with Gasteiger partial charge in [-0.25, -0.2) is 5.21 Å². The summed E-state index contributed by atoms with van der Waals surface area (Å²) in [5.74, 6) is 0. The molecule has 0 heterocycles. The van der Waals surface area contributed by atoms with Crippen LogP contribution in [0.4, 0.5) is 5.69 Å². The van der Waals surface area contributed by atoms with E-state index in [2.05, 4.69) is 5.28 Å². The van der Waals surface area contributed by atoms with Gasteiger partial charge in [0.1, 0.15) is 5.69 Å². The Hall–Kier alpha value is -1.78. The maximum Gasteiger partial charge on any atom is 0.272 e. The van der Waals surface area contributed by atoms with Gasteiger partial charge in [-0.15, -0.1) is 0 Å². The van der Waals surface area contributed by atoms with Crippen LogP contribution in [0.15, 0.2) is 35.6 Å². The number of anilines is 1. The third-order valence-corrected chi connectivity index (χ3v) is 1.48. The Labute approximate surface area is 69.7 Å². The highest BCUT2D eigenvalue weighted by molar-refractivity contribution is 5.41. The molecule has 0 saturated carbocycles. The van der Waals surface area contributed by atoms with Crippen molar-refractivity contribution in [3.63, 3.8) is 0 Å². The number of rotatable bonds is 2. The molecule has 0 atom stereocenters. The molecule has 0 aliphatic heterocycles. The van der Waals surface area contributed by atoms with Gasteiger partial charge >= 0.3 is 0 Å². The fourth-order valence-corrected chi connectivity index (χ4v) is 0.807. The van der Waals surface area contributed by atoms with Gasteiger partial charge in [0.2, 0.25) is 0 Å². The number of hydrazine groups is 1. The topological polar surface area (TPSA) is 59.1 Å². The number of benzene rings is 1. The Morgan fingerprint density at radius 1 is 1.33 bits per heavy atom. The van der Waals surface area contributed by atoms with E-state index < -0.39 is 0 Å². The summed E-state index contributed by atoms with van der Waals surface area (Å²) in [6.07, 6.45) is 0. The first-order valence-electron chi connectivity index (χ1n) is 3.38. The first-order valence-corrected chi connectivity index (χ1v) is 3.38. The first kappa shape index (κ1) is 8.32. The van der Waals surface area contributed by atoms with Crippen LogP contribution >= 0.6 is 0 Å². The van der Waals surface area contributed by atoms with E-state index in [1.807, 2.05) is 18.2 Å². The number of hydrogen-bond acceptors (Lipinski definition) is 1. The average molecular weight is 168 g/mol. The van der Waals surface area contributed by atoms with E-state index in [1.54, 1.807) is 19.2 Å². The molecule has 0 amide bonds. The Morgan fingerprint density at radius 2 is 1.92 bits per heavy atom. The van der Waals surface area contributed by atoms with Gasteiger partial charge in [0, 0.05) is 0 Å². The molecule has 64 valence electrons. The van der Waals surface area contributed by atoms with Crippen LogP contribution in [-0.4, -0.2) is 22.4 Å². The molecule has 1 aromatic rings. The van der Waals surface area contributed by atoms with Crippen LogP contribution in [0.3, 0.4) is 0 Å². The van der Waals surface area contributed by atoms with Crippen molar-refractivity contribution in [2.45, 2.75) is 0 Å². The van der Waals surface area contributed by atoms with Crippen molar-refractivity contribution < 1.29 is 15.4 Å². The Balaban J connectivity index is 2.86. The summed E-state index contributed by atoms with van der Waals surface area (Å²) in [6, 6.07) is 9.03. The van der Waals surface area contributed by atoms with Crippen molar-refractivity contribution in [2.75, 3.05) is 12.1 Å². The van der Waals surface area contributed by atoms with Gasteiger partial charge in [-0.2, -0.15) is 0 Å². The highest BCUT2D eigenvalue weighted by Crippen LogP contribution is 2.09. The predicted octanol–water partition coefficient (Wildman–Crippen LogP) is 1.28. The van der Waals surface area contributed by atoms with Crippen molar-refractivity contribution in [3.05, 3.63) is 30.3 Å². The molecule has 1 rings (SSSR count). The summed E-state index contributed by atoms with van der Waals surface area (Å²) in [7, 11) is 1.56. The molecule has 0 radical (unpaired) electrons. The lowest BCUT2D eigenvalue weighted by Gasteiger charge is -2.04. The minimum absolute atomic E-state index is 0.343. The van der Waals surface area contributed by atoms with Crippen LogP contribution in [0.2, 0.25) is 0 Å². The lowest BCUT2D eigenvalue weighted by molar-refractivity contribution is -0.842. The molecule has 5 nitrogen and oxygen atoms in total. The molecule has 5 heteroatoms. The van der Waals surface area contributed by atoms with Crippen LogP contribution in [0.1, 0.15) is 0 Å². The van der Waals surface area contributed by atoms with Crippen LogP contribution < -0.4 is 5.01 Å². The van der Waals surface area contributed by atoms with Gasteiger partial charge in [0.25, 0.3) is 10.2 Å². The molecule has 0 aliphatic rings. The summed E-state index contributed by atoms with van der Waals surface area (Å²) in [4.78, 5) is 0.343. The maximum absolute atomic E-state index is 8.92. The van der Waals surface area contributed by atoms with E-state index in [1.165, 1.54) is 5.01 Å². The summed E-state index contributed by atoms with van der Waals surface area (Å²) in [6.45, 7) is 0. The molecule has 0 unspecified atom stereocenters. The molecular formula is C7H10N3O2+. The van der Waals surface area contributed by atoms with Gasteiger partial charge in [-0.3, -0.25) is 0 Å². The Morgan fingerprint density at radius 3 is 2.42 bits per heavy atom. The highest BCUT2D eigenvalue weighted by atomic mass is 16.6. The normalized spacial score (nSPS) is 11.2. The molecule has 0 saturated heterocycles. The molecule has 0 aliphatic carbocycles. The van der Waals surface area contributed by atoms with E-state index in [0.29, 0.717) is 4.97 Å². The standard InChI is InChI=1S/C7H9N3O2/c1-9(10(12)8-11)7-5-3-2-4-6-7/h2-6,12H,1H3/p+1. The molecule has 12 heavy (non-hydrogen) atoms. The maximum atomic E-state index is 8.92. The fraction of sp³-hybridized carbons (Fsp3) is 0.143. The molecule has 0 fully saturated rings. The zero-order chi connectivity index (χ0) is 8.97. The Bertz CT molecular complexity index is 273. The number of nitrogens with zero attached hydrogens (tertiary/aromatic N) is 3. The molecule has 0 aromatic heterocycles. The zero-order valence-electron chi connectivity index (χ0n) is 6.62. The number of para-hydroxylation sites is 1. The predicted molar refractivity (Wildman–Crippen MR) is 41.1 cm³/mol. The van der Waals surface area contributed by atoms with Crippen LogP contribution in [0.5, 0.6) is 0 Å². The second-order valence-corrected chi connectivity index (χ2v) is 2.22. The molecule has 1 aromatic carbocycles. The van der Waals surface area contributed by atoms with Crippen molar-refractivity contribution in [3.8, 4) is 0 Å². The quantitative estimate of drug-likeness (QED) is 0.397. The molecule has 2 N–H and O–H groups in total. The van der Waals surface area contributed by atoms with Gasteiger partial charge in [0.05, 0.1) is 7.05 Å². The lowest BCUT2D eigenvalue weighted by Crippen LogP contribution is -2.27. The van der Waals surface area contributed by atoms with E-state index in [4.69, 9.17) is 10.4 Å². The summed E-state index contributed by atoms with van der Waals surface area (Å²) in [5.41, 5.74) is 0.720. The van der Waals surface area contributed by atoms with Gasteiger partial charge in [0.15, 0.2) is 0 Å². The van der Waals surface area contributed by atoms with Crippen LogP contribution in [0.25, 0.3) is 0 Å². The fourth-order valence-electron chi connectivity index (χ4n) is 0.807. The van der Waals surface area contributed by atoms with Crippen molar-refractivity contribution >= 4 is 5.69 Å². The Kier molecular flexibility index (Phi) is 2.47. The van der Waals surface area contributed by atoms with Crippen molar-refractivity contribution in [2.24, 2.45) is 5.28 Å². The average Bonchev–Trinajstić information content (AvgIpc) is 2.17. The minimum atomic E-state index is 0.343. The smallest absolute Gasteiger partial charge is 0.272 e.